The van der Waals surface area contributed by atoms with Gasteiger partial charge >= 0.3 is 5.97 Å². The molecule has 0 bridgehead atoms. The van der Waals surface area contributed by atoms with Gasteiger partial charge in [0.05, 0.1) is 0 Å². The molecule has 0 atom stereocenters. The van der Waals surface area contributed by atoms with E-state index in [0.29, 0.717) is 5.02 Å². The molecule has 1 N–H and O–H groups in total. The van der Waals surface area contributed by atoms with Crippen LogP contribution < -0.4 is 0 Å². The van der Waals surface area contributed by atoms with Crippen molar-refractivity contribution >= 4 is 35.0 Å². The minimum absolute atomic E-state index is 0.274. The van der Waals surface area contributed by atoms with E-state index in [1.54, 1.807) is 24.3 Å². The van der Waals surface area contributed by atoms with Crippen LogP contribution in [-0.2, 0) is 4.79 Å². The van der Waals surface area contributed by atoms with Gasteiger partial charge in [-0.1, -0.05) is 23.7 Å². The number of carbonyl (C=O) groups is 1. The second-order valence-corrected chi connectivity index (χ2v) is 5.24. The first-order valence-electron chi connectivity index (χ1n) is 5.31. The van der Waals surface area contributed by atoms with Crippen LogP contribution in [0.1, 0.15) is 4.88 Å². The summed E-state index contributed by atoms with van der Waals surface area (Å²) in [5.74, 6) is -1.22. The average Bonchev–Trinajstić information content (AvgIpc) is 2.85. The molecule has 0 unspecified atom stereocenters. The molecule has 3 nitrogen and oxygen atoms in total. The number of hydrogen-bond acceptors (Lipinski definition) is 3. The monoisotopic (exact) mass is 289 g/mol. The van der Waals surface area contributed by atoms with Crippen LogP contribution in [0.3, 0.4) is 0 Å². The molecule has 19 heavy (non-hydrogen) atoms. The van der Waals surface area contributed by atoms with Crippen LogP contribution in [0, 0.1) is 11.3 Å². The highest BCUT2D eigenvalue weighted by atomic mass is 35.5. The third-order valence-electron chi connectivity index (χ3n) is 2.39. The molecule has 0 aliphatic carbocycles. The second kappa shape index (κ2) is 5.70. The molecule has 0 amide bonds. The third-order valence-corrected chi connectivity index (χ3v) is 3.73. The van der Waals surface area contributed by atoms with Crippen molar-refractivity contribution in [2.75, 3.05) is 0 Å². The van der Waals surface area contributed by atoms with Crippen molar-refractivity contribution < 1.29 is 9.90 Å². The average molecular weight is 290 g/mol. The van der Waals surface area contributed by atoms with E-state index in [1.807, 2.05) is 18.2 Å². The van der Waals surface area contributed by atoms with Gasteiger partial charge in [0.2, 0.25) is 0 Å². The number of aliphatic carboxylic acids is 1. The van der Waals surface area contributed by atoms with E-state index in [4.69, 9.17) is 22.0 Å². The van der Waals surface area contributed by atoms with E-state index < -0.39 is 5.97 Å². The van der Waals surface area contributed by atoms with Gasteiger partial charge < -0.3 is 5.11 Å². The summed E-state index contributed by atoms with van der Waals surface area (Å²) in [5, 5.41) is 18.2. The fourth-order valence-corrected chi connectivity index (χ4v) is 2.57. The van der Waals surface area contributed by atoms with Crippen molar-refractivity contribution in [1.29, 1.82) is 5.26 Å². The minimum atomic E-state index is -1.22. The molecular weight excluding hydrogens is 282 g/mol. The number of thiophene rings is 1. The van der Waals surface area contributed by atoms with Crippen LogP contribution in [0.2, 0.25) is 5.02 Å². The van der Waals surface area contributed by atoms with Crippen LogP contribution in [-0.4, -0.2) is 11.1 Å². The van der Waals surface area contributed by atoms with Crippen LogP contribution in [0.25, 0.3) is 16.5 Å². The summed E-state index contributed by atoms with van der Waals surface area (Å²) >= 11 is 7.24. The zero-order valence-corrected chi connectivity index (χ0v) is 11.2. The number of hydrogen-bond donors (Lipinski definition) is 1. The third kappa shape index (κ3) is 3.22. The van der Waals surface area contributed by atoms with E-state index in [1.165, 1.54) is 17.4 Å². The van der Waals surface area contributed by atoms with Crippen molar-refractivity contribution in [1.82, 2.24) is 0 Å². The van der Waals surface area contributed by atoms with Crippen LogP contribution in [0.15, 0.2) is 42.0 Å². The van der Waals surface area contributed by atoms with Crippen LogP contribution in [0.4, 0.5) is 0 Å². The smallest absolute Gasteiger partial charge is 0.346 e. The maximum atomic E-state index is 10.7. The molecule has 1 aromatic heterocycles. The predicted octanol–water partition coefficient (Wildman–Crippen LogP) is 4.06. The molecule has 0 saturated heterocycles. The first-order valence-corrected chi connectivity index (χ1v) is 6.50. The number of benzene rings is 1. The Morgan fingerprint density at radius 2 is 1.95 bits per heavy atom. The number of carboxylic acids is 1. The Kier molecular flexibility index (Phi) is 4.00. The van der Waals surface area contributed by atoms with Gasteiger partial charge in [0.15, 0.2) is 0 Å². The Morgan fingerprint density at radius 1 is 1.26 bits per heavy atom. The Balaban J connectivity index is 2.32. The van der Waals surface area contributed by atoms with Gasteiger partial charge in [-0.3, -0.25) is 0 Å². The van der Waals surface area contributed by atoms with E-state index >= 15 is 0 Å². The van der Waals surface area contributed by atoms with Gasteiger partial charge in [-0.15, -0.1) is 11.3 Å². The highest BCUT2D eigenvalue weighted by Gasteiger charge is 2.07. The predicted molar refractivity (Wildman–Crippen MR) is 76.0 cm³/mol. The molecule has 1 aromatic carbocycles. The molecule has 0 fully saturated rings. The fourth-order valence-electron chi connectivity index (χ4n) is 1.48. The number of halogens is 1. The molecule has 0 saturated carbocycles. The summed E-state index contributed by atoms with van der Waals surface area (Å²) in [5.41, 5.74) is 0.729. The number of nitrogens with zero attached hydrogens (tertiary/aromatic N) is 1. The zero-order chi connectivity index (χ0) is 13.8. The maximum absolute atomic E-state index is 10.7. The lowest BCUT2D eigenvalue weighted by atomic mass is 10.2. The molecule has 94 valence electrons. The fraction of sp³-hybridized carbons (Fsp3) is 0. The standard InChI is InChI=1S/C14H8ClNO2S/c15-11-3-1-9(2-4-11)13-6-5-12(19-13)7-10(8-16)14(17)18/h1-7H,(H,17,18)/b10-7+. The largest absolute Gasteiger partial charge is 0.477 e. The quantitative estimate of drug-likeness (QED) is 0.684. The Hall–Kier alpha value is -2.09. The Labute approximate surface area is 119 Å². The molecule has 5 heteroatoms. The molecule has 1 heterocycles. The van der Waals surface area contributed by atoms with Crippen molar-refractivity contribution in [3.8, 4) is 16.5 Å². The molecule has 2 rings (SSSR count). The molecule has 0 aliphatic heterocycles. The Morgan fingerprint density at radius 3 is 2.53 bits per heavy atom. The van der Waals surface area contributed by atoms with E-state index in [-0.39, 0.29) is 5.57 Å². The summed E-state index contributed by atoms with van der Waals surface area (Å²) in [7, 11) is 0. The van der Waals surface area contributed by atoms with E-state index in [0.717, 1.165) is 15.3 Å². The zero-order valence-electron chi connectivity index (χ0n) is 9.63. The van der Waals surface area contributed by atoms with Gasteiger partial charge in [-0.2, -0.15) is 5.26 Å². The van der Waals surface area contributed by atoms with Crippen molar-refractivity contribution in [3.05, 3.63) is 51.9 Å². The van der Waals surface area contributed by atoms with Gasteiger partial charge in [0, 0.05) is 14.8 Å². The van der Waals surface area contributed by atoms with Gasteiger partial charge in [-0.05, 0) is 35.9 Å². The van der Waals surface area contributed by atoms with E-state index in [9.17, 15) is 4.79 Å². The molecule has 0 spiro atoms. The first-order chi connectivity index (χ1) is 9.10. The maximum Gasteiger partial charge on any atom is 0.346 e. The highest BCUT2D eigenvalue weighted by Crippen LogP contribution is 2.30. The Bertz CT molecular complexity index is 680. The van der Waals surface area contributed by atoms with Gasteiger partial charge in [0.25, 0.3) is 0 Å². The topological polar surface area (TPSA) is 61.1 Å². The lowest BCUT2D eigenvalue weighted by Gasteiger charge is -1.96. The number of nitriles is 1. The summed E-state index contributed by atoms with van der Waals surface area (Å²) in [6.45, 7) is 0. The van der Waals surface area contributed by atoms with Gasteiger partial charge in [0.1, 0.15) is 11.6 Å². The van der Waals surface area contributed by atoms with Crippen molar-refractivity contribution in [2.45, 2.75) is 0 Å². The van der Waals surface area contributed by atoms with Crippen molar-refractivity contribution in [3.63, 3.8) is 0 Å². The summed E-state index contributed by atoms with van der Waals surface area (Å²) in [6.07, 6.45) is 1.37. The van der Waals surface area contributed by atoms with Crippen LogP contribution >= 0.6 is 22.9 Å². The molecule has 0 radical (unpaired) electrons. The summed E-state index contributed by atoms with van der Waals surface area (Å²) in [6, 6.07) is 12.7. The van der Waals surface area contributed by atoms with E-state index in [2.05, 4.69) is 0 Å². The first kappa shape index (κ1) is 13.3. The minimum Gasteiger partial charge on any atom is -0.477 e. The van der Waals surface area contributed by atoms with Crippen LogP contribution in [0.5, 0.6) is 0 Å². The molecule has 2 aromatic rings. The summed E-state index contributed by atoms with van der Waals surface area (Å²) < 4.78 is 0. The summed E-state index contributed by atoms with van der Waals surface area (Å²) in [4.78, 5) is 12.5. The lowest BCUT2D eigenvalue weighted by Crippen LogP contribution is -1.96. The lowest BCUT2D eigenvalue weighted by molar-refractivity contribution is -0.132. The molecular formula is C14H8ClNO2S. The normalized spacial score (nSPS) is 11.1. The van der Waals surface area contributed by atoms with Gasteiger partial charge in [-0.25, -0.2) is 4.79 Å². The highest BCUT2D eigenvalue weighted by molar-refractivity contribution is 7.16. The number of rotatable bonds is 3. The molecule has 0 aliphatic rings. The van der Waals surface area contributed by atoms with Crippen molar-refractivity contribution in [2.24, 2.45) is 0 Å². The number of carboxylic acid groups (broad SMARTS) is 1. The second-order valence-electron chi connectivity index (χ2n) is 3.68. The SMILES string of the molecule is N#C/C(=C\c1ccc(-c2ccc(Cl)cc2)s1)C(=O)O.